The van der Waals surface area contributed by atoms with Crippen LogP contribution in [-0.4, -0.2) is 51.0 Å². The second-order valence-electron chi connectivity index (χ2n) is 8.70. The molecular weight excluding hydrogens is 444 g/mol. The number of hydrogen-bond donors (Lipinski definition) is 2. The van der Waals surface area contributed by atoms with E-state index in [-0.39, 0.29) is 12.8 Å². The van der Waals surface area contributed by atoms with E-state index >= 15 is 0 Å². The van der Waals surface area contributed by atoms with Crippen molar-refractivity contribution >= 4 is 22.1 Å². The Bertz CT molecular complexity index is 1000. The molecule has 2 aromatic rings. The summed E-state index contributed by atoms with van der Waals surface area (Å²) in [5.74, 6) is -1.13. The number of carbonyl (C=O) groups excluding carboxylic acids is 2. The van der Waals surface area contributed by atoms with Crippen LogP contribution in [0.5, 0.6) is 0 Å². The smallest absolute Gasteiger partial charge is 0.407 e. The van der Waals surface area contributed by atoms with E-state index in [0.29, 0.717) is 0 Å². The highest BCUT2D eigenvalue weighted by Gasteiger charge is 2.29. The Balaban J connectivity index is 2.18. The number of rotatable bonds is 10. The van der Waals surface area contributed by atoms with Crippen LogP contribution in [0.3, 0.4) is 0 Å². The van der Waals surface area contributed by atoms with Gasteiger partial charge in [-0.2, -0.15) is 0 Å². The zero-order valence-corrected chi connectivity index (χ0v) is 20.2. The first-order valence-electron chi connectivity index (χ1n) is 10.6. The molecule has 0 aliphatic rings. The summed E-state index contributed by atoms with van der Waals surface area (Å²) in [5, 5.41) is 2.65. The lowest BCUT2D eigenvalue weighted by Crippen LogP contribution is -2.49. The van der Waals surface area contributed by atoms with Gasteiger partial charge in [0.05, 0.1) is 18.9 Å². The molecule has 0 aromatic heterocycles. The van der Waals surface area contributed by atoms with Crippen molar-refractivity contribution in [2.45, 2.75) is 51.3 Å². The first kappa shape index (κ1) is 26.3. The molecule has 2 rings (SSSR count). The zero-order valence-electron chi connectivity index (χ0n) is 19.4. The normalized spacial score (nSPS) is 13.6. The second kappa shape index (κ2) is 11.8. The maximum Gasteiger partial charge on any atom is 0.407 e. The Hall–Kier alpha value is -2.91. The van der Waals surface area contributed by atoms with Gasteiger partial charge in [0.15, 0.2) is 0 Å². The molecule has 1 amide bonds. The Morgan fingerprint density at radius 3 is 1.91 bits per heavy atom. The quantitative estimate of drug-likeness (QED) is 0.510. The first-order chi connectivity index (χ1) is 15.5. The largest absolute Gasteiger partial charge is 0.468 e. The van der Waals surface area contributed by atoms with Gasteiger partial charge in [0, 0.05) is 0 Å². The number of benzene rings is 2. The molecule has 0 saturated heterocycles. The van der Waals surface area contributed by atoms with Gasteiger partial charge in [0.2, 0.25) is 10.0 Å². The fourth-order valence-electron chi connectivity index (χ4n) is 3.22. The molecule has 2 N–H and O–H groups in total. The van der Waals surface area contributed by atoms with E-state index in [1.807, 2.05) is 36.4 Å². The molecule has 0 spiro atoms. The number of nitrogens with one attached hydrogen (secondary N) is 2. The highest BCUT2D eigenvalue weighted by atomic mass is 32.2. The molecule has 0 radical (unpaired) electrons. The minimum absolute atomic E-state index is 0.135. The van der Waals surface area contributed by atoms with Crippen LogP contribution in [0.4, 0.5) is 4.79 Å². The van der Waals surface area contributed by atoms with Gasteiger partial charge in [-0.05, 0) is 44.7 Å². The SMILES string of the molecule is COC(=O)[C@H](Cc1ccccc1)NS(=O)(=O)C[C@H](Cc1ccccc1)NC(=O)OC(C)(C)C. The van der Waals surface area contributed by atoms with Gasteiger partial charge >= 0.3 is 12.1 Å². The van der Waals surface area contributed by atoms with Crippen molar-refractivity contribution in [3.63, 3.8) is 0 Å². The lowest BCUT2D eigenvalue weighted by molar-refractivity contribution is -0.142. The van der Waals surface area contributed by atoms with Crippen LogP contribution in [0.2, 0.25) is 0 Å². The average Bonchev–Trinajstić information content (AvgIpc) is 2.72. The van der Waals surface area contributed by atoms with Crippen molar-refractivity contribution in [3.8, 4) is 0 Å². The van der Waals surface area contributed by atoms with Crippen molar-refractivity contribution < 1.29 is 27.5 Å². The molecule has 0 bridgehead atoms. The summed E-state index contributed by atoms with van der Waals surface area (Å²) in [6.45, 7) is 5.17. The highest BCUT2D eigenvalue weighted by molar-refractivity contribution is 7.89. The number of ether oxygens (including phenoxy) is 2. The fraction of sp³-hybridized carbons (Fsp3) is 0.417. The van der Waals surface area contributed by atoms with E-state index in [9.17, 15) is 18.0 Å². The molecule has 0 aliphatic heterocycles. The van der Waals surface area contributed by atoms with Gasteiger partial charge < -0.3 is 14.8 Å². The minimum Gasteiger partial charge on any atom is -0.468 e. The molecule has 0 fully saturated rings. The summed E-state index contributed by atoms with van der Waals surface area (Å²) in [6, 6.07) is 16.4. The summed E-state index contributed by atoms with van der Waals surface area (Å²) in [6.07, 6.45) is -0.314. The van der Waals surface area contributed by atoms with Crippen LogP contribution >= 0.6 is 0 Å². The van der Waals surface area contributed by atoms with Crippen molar-refractivity contribution in [2.24, 2.45) is 0 Å². The predicted octanol–water partition coefficient (Wildman–Crippen LogP) is 2.83. The molecule has 33 heavy (non-hydrogen) atoms. The van der Waals surface area contributed by atoms with E-state index in [4.69, 9.17) is 9.47 Å². The first-order valence-corrected chi connectivity index (χ1v) is 12.3. The Kier molecular flexibility index (Phi) is 9.43. The molecular formula is C24H32N2O6S. The van der Waals surface area contributed by atoms with Gasteiger partial charge in [-0.25, -0.2) is 17.9 Å². The third kappa shape index (κ3) is 10.0. The second-order valence-corrected chi connectivity index (χ2v) is 10.5. The van der Waals surface area contributed by atoms with Crippen LogP contribution in [-0.2, 0) is 37.1 Å². The molecule has 180 valence electrons. The lowest BCUT2D eigenvalue weighted by Gasteiger charge is -2.24. The molecule has 0 heterocycles. The molecule has 0 aliphatic carbocycles. The van der Waals surface area contributed by atoms with E-state index in [2.05, 4.69) is 10.0 Å². The monoisotopic (exact) mass is 476 g/mol. The Morgan fingerprint density at radius 2 is 1.42 bits per heavy atom. The van der Waals surface area contributed by atoms with Crippen LogP contribution in [0, 0.1) is 0 Å². The summed E-state index contributed by atoms with van der Waals surface area (Å²) in [7, 11) is -2.78. The van der Waals surface area contributed by atoms with E-state index < -0.39 is 45.5 Å². The van der Waals surface area contributed by atoms with Gasteiger partial charge in [-0.1, -0.05) is 60.7 Å². The summed E-state index contributed by atoms with van der Waals surface area (Å²) in [5.41, 5.74) is 0.898. The van der Waals surface area contributed by atoms with Crippen molar-refractivity contribution in [2.75, 3.05) is 12.9 Å². The number of esters is 1. The maximum absolute atomic E-state index is 13.0. The van der Waals surface area contributed by atoms with Gasteiger partial charge in [-0.15, -0.1) is 0 Å². The Labute approximate surface area is 195 Å². The van der Waals surface area contributed by atoms with Crippen LogP contribution in [0.1, 0.15) is 31.9 Å². The van der Waals surface area contributed by atoms with E-state index in [1.54, 1.807) is 45.0 Å². The minimum atomic E-state index is -3.99. The standard InChI is InChI=1S/C24H32N2O6S/c1-24(2,3)32-23(28)25-20(15-18-11-7-5-8-12-18)17-33(29,30)26-21(22(27)31-4)16-19-13-9-6-10-14-19/h5-14,20-21,26H,15-17H2,1-4H3,(H,25,28)/t20-,21-/m0/s1. The van der Waals surface area contributed by atoms with Crippen LogP contribution in [0.25, 0.3) is 0 Å². The fourth-order valence-corrected chi connectivity index (χ4v) is 4.66. The number of hydrogen-bond acceptors (Lipinski definition) is 6. The van der Waals surface area contributed by atoms with Gasteiger partial charge in [0.1, 0.15) is 11.6 Å². The summed E-state index contributed by atoms with van der Waals surface area (Å²) < 4.78 is 38.5. The number of sulfonamides is 1. The zero-order chi connectivity index (χ0) is 24.5. The molecule has 2 atom stereocenters. The third-order valence-electron chi connectivity index (χ3n) is 4.56. The van der Waals surface area contributed by atoms with E-state index in [1.165, 1.54) is 7.11 Å². The van der Waals surface area contributed by atoms with Crippen LogP contribution in [0.15, 0.2) is 60.7 Å². The number of alkyl carbamates (subject to hydrolysis) is 1. The van der Waals surface area contributed by atoms with Gasteiger partial charge in [0.25, 0.3) is 0 Å². The predicted molar refractivity (Wildman–Crippen MR) is 126 cm³/mol. The molecule has 0 saturated carbocycles. The number of carbonyl (C=O) groups is 2. The number of methoxy groups -OCH3 is 1. The topological polar surface area (TPSA) is 111 Å². The number of amides is 1. The molecule has 0 unspecified atom stereocenters. The van der Waals surface area contributed by atoms with Crippen molar-refractivity contribution in [3.05, 3.63) is 71.8 Å². The Morgan fingerprint density at radius 1 is 0.909 bits per heavy atom. The average molecular weight is 477 g/mol. The summed E-state index contributed by atoms with van der Waals surface area (Å²) >= 11 is 0. The maximum atomic E-state index is 13.0. The molecule has 2 aromatic carbocycles. The summed E-state index contributed by atoms with van der Waals surface area (Å²) in [4.78, 5) is 24.6. The van der Waals surface area contributed by atoms with E-state index in [0.717, 1.165) is 11.1 Å². The molecule has 9 heteroatoms. The lowest BCUT2D eigenvalue weighted by atomic mass is 10.1. The van der Waals surface area contributed by atoms with Crippen molar-refractivity contribution in [1.82, 2.24) is 10.0 Å². The van der Waals surface area contributed by atoms with Crippen LogP contribution < -0.4 is 10.0 Å². The molecule has 8 nitrogen and oxygen atoms in total. The van der Waals surface area contributed by atoms with Crippen molar-refractivity contribution in [1.29, 1.82) is 0 Å². The third-order valence-corrected chi connectivity index (χ3v) is 6.04. The highest BCUT2D eigenvalue weighted by Crippen LogP contribution is 2.11. The van der Waals surface area contributed by atoms with Gasteiger partial charge in [-0.3, -0.25) is 4.79 Å².